The zero-order valence-electron chi connectivity index (χ0n) is 18.6. The van der Waals surface area contributed by atoms with Crippen LogP contribution in [0.2, 0.25) is 5.02 Å². The smallest absolute Gasteiger partial charge is 0.265 e. The van der Waals surface area contributed by atoms with E-state index in [-0.39, 0.29) is 35.7 Å². The second-order valence-electron chi connectivity index (χ2n) is 8.44. The Hall–Kier alpha value is -2.62. The number of carbonyl (C=O) groups excluding carboxylic acids is 2. The molecule has 2 aliphatic heterocycles. The molecule has 0 saturated carbocycles. The fourth-order valence-electron chi connectivity index (χ4n) is 4.10. The molecular weight excluding hydrogens is 466 g/mol. The third kappa shape index (κ3) is 4.58. The van der Waals surface area contributed by atoms with Crippen molar-refractivity contribution in [2.75, 3.05) is 23.7 Å². The van der Waals surface area contributed by atoms with Crippen LogP contribution in [0.1, 0.15) is 30.9 Å². The van der Waals surface area contributed by atoms with E-state index in [1.807, 2.05) is 6.92 Å². The van der Waals surface area contributed by atoms with Crippen LogP contribution in [0, 0.1) is 19.8 Å². The summed E-state index contributed by atoms with van der Waals surface area (Å²) >= 11 is 6.13. The molecule has 1 atom stereocenters. The molecule has 176 valence electrons. The van der Waals surface area contributed by atoms with Gasteiger partial charge in [0.2, 0.25) is 15.9 Å². The normalized spacial score (nSPS) is 19.4. The Balaban J connectivity index is 1.46. The molecule has 0 aliphatic carbocycles. The van der Waals surface area contributed by atoms with E-state index >= 15 is 0 Å². The lowest BCUT2D eigenvalue weighted by Crippen LogP contribution is -2.41. The highest BCUT2D eigenvalue weighted by Crippen LogP contribution is 2.36. The summed E-state index contributed by atoms with van der Waals surface area (Å²) in [5.41, 5.74) is 2.43. The average molecular weight is 492 g/mol. The van der Waals surface area contributed by atoms with Gasteiger partial charge in [0.15, 0.2) is 6.10 Å². The third-order valence-electron chi connectivity index (χ3n) is 6.18. The Morgan fingerprint density at radius 1 is 1.21 bits per heavy atom. The molecule has 0 radical (unpaired) electrons. The largest absolute Gasteiger partial charge is 0.479 e. The van der Waals surface area contributed by atoms with Gasteiger partial charge >= 0.3 is 0 Å². The number of fused-ring (bicyclic) bond motifs is 1. The second-order valence-corrected chi connectivity index (χ2v) is 10.8. The lowest BCUT2D eigenvalue weighted by atomic mass is 9.97. The Labute approximate surface area is 198 Å². The van der Waals surface area contributed by atoms with E-state index in [1.165, 1.54) is 10.4 Å². The van der Waals surface area contributed by atoms with E-state index in [4.69, 9.17) is 16.3 Å². The van der Waals surface area contributed by atoms with Gasteiger partial charge in [-0.05, 0) is 62.9 Å². The maximum absolute atomic E-state index is 13.4. The third-order valence-corrected chi connectivity index (χ3v) is 8.63. The first-order valence-electron chi connectivity index (χ1n) is 10.8. The summed E-state index contributed by atoms with van der Waals surface area (Å²) in [7, 11) is -3.79. The van der Waals surface area contributed by atoms with Gasteiger partial charge in [0.05, 0.1) is 10.6 Å². The van der Waals surface area contributed by atoms with Crippen LogP contribution in [0.3, 0.4) is 0 Å². The fraction of sp³-hybridized carbons (Fsp3) is 0.391. The summed E-state index contributed by atoms with van der Waals surface area (Å²) < 4.78 is 33.7. The molecule has 1 fully saturated rings. The molecule has 0 spiro atoms. The van der Waals surface area contributed by atoms with Crippen molar-refractivity contribution in [1.82, 2.24) is 4.31 Å². The predicted octanol–water partition coefficient (Wildman–Crippen LogP) is 3.72. The molecule has 4 rings (SSSR count). The van der Waals surface area contributed by atoms with Crippen LogP contribution >= 0.6 is 11.6 Å². The minimum atomic E-state index is -3.79. The maximum Gasteiger partial charge on any atom is 0.265 e. The summed E-state index contributed by atoms with van der Waals surface area (Å²) in [6.07, 6.45) is 0.129. The van der Waals surface area contributed by atoms with Crippen LogP contribution in [0.25, 0.3) is 0 Å². The summed E-state index contributed by atoms with van der Waals surface area (Å²) in [5, 5.41) is 6.22. The number of amides is 2. The summed E-state index contributed by atoms with van der Waals surface area (Å²) in [6.45, 7) is 5.60. The fourth-order valence-corrected chi connectivity index (χ4v) is 5.96. The number of piperidine rings is 1. The highest BCUT2D eigenvalue weighted by Gasteiger charge is 2.34. The van der Waals surface area contributed by atoms with Gasteiger partial charge in [-0.1, -0.05) is 17.7 Å². The maximum atomic E-state index is 13.4. The molecule has 2 heterocycles. The van der Waals surface area contributed by atoms with E-state index in [9.17, 15) is 18.0 Å². The Bertz CT molecular complexity index is 1220. The number of carbonyl (C=O) groups is 2. The molecule has 33 heavy (non-hydrogen) atoms. The van der Waals surface area contributed by atoms with Gasteiger partial charge in [-0.25, -0.2) is 8.42 Å². The topological polar surface area (TPSA) is 105 Å². The zero-order valence-corrected chi connectivity index (χ0v) is 20.2. The van der Waals surface area contributed by atoms with Crippen molar-refractivity contribution in [3.8, 4) is 5.75 Å². The molecular formula is C23H26ClN3O5S. The zero-order chi connectivity index (χ0) is 23.9. The molecule has 2 aromatic carbocycles. The van der Waals surface area contributed by atoms with Crippen LogP contribution in [-0.2, 0) is 19.6 Å². The molecule has 2 aromatic rings. The number of aryl methyl sites for hydroxylation is 1. The average Bonchev–Trinajstić information content (AvgIpc) is 2.77. The first-order valence-corrected chi connectivity index (χ1v) is 12.6. The number of benzene rings is 2. The number of hydrogen-bond acceptors (Lipinski definition) is 5. The number of anilines is 2. The molecule has 0 bridgehead atoms. The van der Waals surface area contributed by atoms with Gasteiger partial charge in [-0.15, -0.1) is 0 Å². The van der Waals surface area contributed by atoms with Crippen molar-refractivity contribution in [2.45, 2.75) is 44.6 Å². The van der Waals surface area contributed by atoms with Crippen LogP contribution in [0.4, 0.5) is 11.4 Å². The monoisotopic (exact) mass is 491 g/mol. The van der Waals surface area contributed by atoms with E-state index < -0.39 is 16.1 Å². The highest BCUT2D eigenvalue weighted by atomic mass is 35.5. The number of nitrogens with zero attached hydrogens (tertiary/aromatic N) is 1. The summed E-state index contributed by atoms with van der Waals surface area (Å²) in [6, 6.07) is 8.41. The summed E-state index contributed by atoms with van der Waals surface area (Å²) in [4.78, 5) is 24.7. The van der Waals surface area contributed by atoms with Crippen LogP contribution < -0.4 is 15.4 Å². The van der Waals surface area contributed by atoms with Crippen molar-refractivity contribution in [2.24, 2.45) is 5.92 Å². The van der Waals surface area contributed by atoms with Gasteiger partial charge in [0, 0.05) is 35.8 Å². The number of rotatable bonds is 4. The number of ether oxygens (including phenoxy) is 1. The minimum absolute atomic E-state index is 0.138. The number of halogens is 1. The predicted molar refractivity (Wildman–Crippen MR) is 126 cm³/mol. The molecule has 2 amide bonds. The van der Waals surface area contributed by atoms with Crippen molar-refractivity contribution < 1.29 is 22.7 Å². The quantitative estimate of drug-likeness (QED) is 0.678. The SMILES string of the molecule is Cc1cc2c(cc1S(=O)(=O)N1CCC(C(=O)Nc3cccc(Cl)c3C)CC1)O[C@@H](C)C(=O)N2. The van der Waals surface area contributed by atoms with Crippen LogP contribution in [0.15, 0.2) is 35.2 Å². The number of sulfonamides is 1. The van der Waals surface area contributed by atoms with Gasteiger partial charge in [0.25, 0.3) is 5.91 Å². The standard InChI is InChI=1S/C23H26ClN3O5S/c1-13-11-19-20(32-15(3)22(28)26-19)12-21(13)33(30,31)27-9-7-16(8-10-27)23(29)25-18-6-4-5-17(24)14(18)2/h4-6,11-12,15-16H,7-10H2,1-3H3,(H,25,29)(H,26,28)/t15-/m0/s1. The van der Waals surface area contributed by atoms with Crippen LogP contribution in [-0.4, -0.2) is 43.7 Å². The first kappa shape index (κ1) is 23.5. The lowest BCUT2D eigenvalue weighted by Gasteiger charge is -2.31. The van der Waals surface area contributed by atoms with Crippen molar-refractivity contribution >= 4 is 44.8 Å². The molecule has 1 saturated heterocycles. The first-order chi connectivity index (χ1) is 15.6. The molecule has 2 aliphatic rings. The van der Waals surface area contributed by atoms with Gasteiger partial charge in [0.1, 0.15) is 5.75 Å². The molecule has 8 nitrogen and oxygen atoms in total. The van der Waals surface area contributed by atoms with Crippen molar-refractivity contribution in [3.63, 3.8) is 0 Å². The summed E-state index contributed by atoms with van der Waals surface area (Å²) in [5.74, 6) is -0.373. The minimum Gasteiger partial charge on any atom is -0.479 e. The van der Waals surface area contributed by atoms with Crippen molar-refractivity contribution in [3.05, 3.63) is 46.5 Å². The van der Waals surface area contributed by atoms with E-state index in [0.29, 0.717) is 40.6 Å². The number of nitrogens with one attached hydrogen (secondary N) is 2. The van der Waals surface area contributed by atoms with E-state index in [1.54, 1.807) is 38.1 Å². The highest BCUT2D eigenvalue weighted by molar-refractivity contribution is 7.89. The van der Waals surface area contributed by atoms with Crippen molar-refractivity contribution in [1.29, 1.82) is 0 Å². The Kier molecular flexibility index (Phi) is 6.39. The Morgan fingerprint density at radius 2 is 1.91 bits per heavy atom. The van der Waals surface area contributed by atoms with E-state index in [2.05, 4.69) is 10.6 Å². The lowest BCUT2D eigenvalue weighted by molar-refractivity contribution is -0.123. The second kappa shape index (κ2) is 8.96. The molecule has 2 N–H and O–H groups in total. The van der Waals surface area contributed by atoms with Gasteiger partial charge in [-0.2, -0.15) is 4.31 Å². The molecule has 0 aromatic heterocycles. The van der Waals surface area contributed by atoms with Gasteiger partial charge < -0.3 is 15.4 Å². The van der Waals surface area contributed by atoms with Crippen LogP contribution in [0.5, 0.6) is 5.75 Å². The van der Waals surface area contributed by atoms with E-state index in [0.717, 1.165) is 5.56 Å². The molecule has 0 unspecified atom stereocenters. The Morgan fingerprint density at radius 3 is 2.61 bits per heavy atom. The molecule has 10 heteroatoms. The number of hydrogen-bond donors (Lipinski definition) is 2. The van der Waals surface area contributed by atoms with Gasteiger partial charge in [-0.3, -0.25) is 9.59 Å².